The number of rotatable bonds is 7. The van der Waals surface area contributed by atoms with Crippen molar-refractivity contribution in [2.75, 3.05) is 13.1 Å². The van der Waals surface area contributed by atoms with Crippen LogP contribution in [0.5, 0.6) is 11.5 Å². The van der Waals surface area contributed by atoms with E-state index in [0.29, 0.717) is 11.3 Å². The van der Waals surface area contributed by atoms with Gasteiger partial charge in [-0.05, 0) is 80.7 Å². The Balaban J connectivity index is 1.42. The van der Waals surface area contributed by atoms with Crippen LogP contribution in [0.4, 0.5) is 0 Å². The van der Waals surface area contributed by atoms with Crippen LogP contribution in [-0.2, 0) is 0 Å². The molecule has 150 valence electrons. The highest BCUT2D eigenvalue weighted by atomic mass is 32.1. The second-order valence-corrected chi connectivity index (χ2v) is 8.38. The zero-order valence-electron chi connectivity index (χ0n) is 16.6. The fraction of sp³-hybridized carbons (Fsp3) is 0.292. The first-order valence-electron chi connectivity index (χ1n) is 10.1. The van der Waals surface area contributed by atoms with Gasteiger partial charge in [-0.1, -0.05) is 24.3 Å². The summed E-state index contributed by atoms with van der Waals surface area (Å²) in [6.45, 7) is 4.29. The summed E-state index contributed by atoms with van der Waals surface area (Å²) in [7, 11) is 0. The van der Waals surface area contributed by atoms with E-state index in [1.54, 1.807) is 11.3 Å². The van der Waals surface area contributed by atoms with Gasteiger partial charge in [-0.15, -0.1) is 11.3 Å². The number of carbonyl (C=O) groups is 1. The Morgan fingerprint density at radius 3 is 2.31 bits per heavy atom. The Morgan fingerprint density at radius 1 is 0.966 bits per heavy atom. The molecule has 2 aromatic carbocycles. The van der Waals surface area contributed by atoms with E-state index in [0.717, 1.165) is 18.8 Å². The molecule has 1 N–H and O–H groups in total. The van der Waals surface area contributed by atoms with E-state index in [-0.39, 0.29) is 18.0 Å². The number of hydrogen-bond donors (Lipinski definition) is 1. The summed E-state index contributed by atoms with van der Waals surface area (Å²) in [5.74, 6) is 1.45. The van der Waals surface area contributed by atoms with Gasteiger partial charge >= 0.3 is 0 Å². The van der Waals surface area contributed by atoms with Crippen molar-refractivity contribution in [1.82, 2.24) is 10.2 Å². The van der Waals surface area contributed by atoms with Crippen molar-refractivity contribution < 1.29 is 9.53 Å². The van der Waals surface area contributed by atoms with E-state index in [9.17, 15) is 4.79 Å². The Morgan fingerprint density at radius 2 is 1.66 bits per heavy atom. The number of nitrogens with zero attached hydrogens (tertiary/aromatic N) is 1. The minimum absolute atomic E-state index is 0.0273. The maximum atomic E-state index is 12.8. The van der Waals surface area contributed by atoms with Gasteiger partial charge in [-0.2, -0.15) is 0 Å². The Hall–Kier alpha value is -2.63. The Labute approximate surface area is 176 Å². The van der Waals surface area contributed by atoms with Crippen LogP contribution < -0.4 is 10.1 Å². The quantitative estimate of drug-likeness (QED) is 0.564. The third-order valence-electron chi connectivity index (χ3n) is 5.30. The van der Waals surface area contributed by atoms with E-state index in [1.807, 2.05) is 54.6 Å². The average molecular weight is 407 g/mol. The summed E-state index contributed by atoms with van der Waals surface area (Å²) in [5.41, 5.74) is 0.642. The normalized spacial score (nSPS) is 16.3. The number of carbonyl (C=O) groups excluding carboxylic acids is 1. The smallest absolute Gasteiger partial charge is 0.251 e. The van der Waals surface area contributed by atoms with Crippen LogP contribution in [0, 0.1) is 0 Å². The van der Waals surface area contributed by atoms with Crippen molar-refractivity contribution in [1.29, 1.82) is 0 Å². The molecule has 5 heteroatoms. The Bertz CT molecular complexity index is 904. The summed E-state index contributed by atoms with van der Waals surface area (Å²) in [5, 5.41) is 5.33. The minimum atomic E-state index is -0.0514. The zero-order chi connectivity index (χ0) is 20.1. The number of nitrogens with one attached hydrogen (secondary N) is 1. The number of benzene rings is 2. The van der Waals surface area contributed by atoms with Crippen LogP contribution in [0.3, 0.4) is 0 Å². The molecule has 1 aromatic heterocycles. The number of para-hydroxylation sites is 1. The van der Waals surface area contributed by atoms with Crippen LogP contribution >= 0.6 is 11.3 Å². The van der Waals surface area contributed by atoms with Gasteiger partial charge in [0.1, 0.15) is 11.5 Å². The first-order valence-corrected chi connectivity index (χ1v) is 11.0. The molecule has 2 atom stereocenters. The first kappa shape index (κ1) is 19.7. The lowest BCUT2D eigenvalue weighted by Gasteiger charge is -2.32. The maximum Gasteiger partial charge on any atom is 0.251 e. The molecule has 0 aliphatic carbocycles. The molecule has 0 unspecified atom stereocenters. The molecule has 1 aliphatic rings. The highest BCUT2D eigenvalue weighted by molar-refractivity contribution is 7.10. The second kappa shape index (κ2) is 9.25. The van der Waals surface area contributed by atoms with Gasteiger partial charge in [0.05, 0.1) is 6.04 Å². The van der Waals surface area contributed by atoms with Gasteiger partial charge in [0.2, 0.25) is 0 Å². The molecule has 0 bridgehead atoms. The molecule has 29 heavy (non-hydrogen) atoms. The monoisotopic (exact) mass is 406 g/mol. The van der Waals surface area contributed by atoms with E-state index in [2.05, 4.69) is 34.7 Å². The van der Waals surface area contributed by atoms with E-state index >= 15 is 0 Å². The predicted octanol–water partition coefficient (Wildman–Crippen LogP) is 5.50. The lowest BCUT2D eigenvalue weighted by Crippen LogP contribution is -2.43. The highest BCUT2D eigenvalue weighted by Crippen LogP contribution is 2.31. The summed E-state index contributed by atoms with van der Waals surface area (Å²) >= 11 is 1.76. The SMILES string of the molecule is C[C@@H](NC(=O)c1ccc(Oc2ccccc2)cc1)[C@H](c1cccs1)N1CCCC1. The van der Waals surface area contributed by atoms with Gasteiger partial charge in [0, 0.05) is 16.5 Å². The fourth-order valence-electron chi connectivity index (χ4n) is 3.89. The van der Waals surface area contributed by atoms with Gasteiger partial charge in [0.15, 0.2) is 0 Å². The summed E-state index contributed by atoms with van der Waals surface area (Å²) in [6, 6.07) is 21.5. The number of likely N-dealkylation sites (tertiary alicyclic amines) is 1. The zero-order valence-corrected chi connectivity index (χ0v) is 17.4. The number of amides is 1. The minimum Gasteiger partial charge on any atom is -0.457 e. The van der Waals surface area contributed by atoms with Crippen LogP contribution in [0.2, 0.25) is 0 Å². The second-order valence-electron chi connectivity index (χ2n) is 7.40. The topological polar surface area (TPSA) is 41.6 Å². The number of hydrogen-bond acceptors (Lipinski definition) is 4. The van der Waals surface area contributed by atoms with Crippen molar-refractivity contribution in [3.05, 3.63) is 82.6 Å². The molecule has 0 spiro atoms. The highest BCUT2D eigenvalue weighted by Gasteiger charge is 2.30. The van der Waals surface area contributed by atoms with Crippen LogP contribution in [0.15, 0.2) is 72.1 Å². The Kier molecular flexibility index (Phi) is 6.27. The van der Waals surface area contributed by atoms with Crippen LogP contribution in [0.25, 0.3) is 0 Å². The van der Waals surface area contributed by atoms with Crippen LogP contribution in [-0.4, -0.2) is 29.9 Å². The fourth-order valence-corrected chi connectivity index (χ4v) is 4.85. The molecule has 3 aromatic rings. The first-order chi connectivity index (χ1) is 14.2. The van der Waals surface area contributed by atoms with E-state index in [4.69, 9.17) is 4.74 Å². The molecular weight excluding hydrogens is 380 g/mol. The van der Waals surface area contributed by atoms with Crippen molar-refractivity contribution in [3.63, 3.8) is 0 Å². The molecular formula is C24H26N2O2S. The predicted molar refractivity (Wildman–Crippen MR) is 118 cm³/mol. The van der Waals surface area contributed by atoms with Gasteiger partial charge in [0.25, 0.3) is 5.91 Å². The third kappa shape index (κ3) is 4.86. The van der Waals surface area contributed by atoms with Crippen molar-refractivity contribution >= 4 is 17.2 Å². The van der Waals surface area contributed by atoms with Crippen molar-refractivity contribution in [3.8, 4) is 11.5 Å². The molecule has 1 fully saturated rings. The van der Waals surface area contributed by atoms with Crippen LogP contribution in [0.1, 0.15) is 41.0 Å². The standard InChI is InChI=1S/C24H26N2O2S/c1-18(23(22-10-7-17-29-22)26-15-5-6-16-26)25-24(27)19-11-13-21(14-12-19)28-20-8-3-2-4-9-20/h2-4,7-14,17-18,23H,5-6,15-16H2,1H3,(H,25,27)/t18-,23-/m1/s1. The molecule has 1 aliphatic heterocycles. The van der Waals surface area contributed by atoms with Gasteiger partial charge in [-0.25, -0.2) is 0 Å². The van der Waals surface area contributed by atoms with E-state index < -0.39 is 0 Å². The lowest BCUT2D eigenvalue weighted by atomic mass is 10.1. The van der Waals surface area contributed by atoms with Crippen molar-refractivity contribution in [2.45, 2.75) is 31.8 Å². The van der Waals surface area contributed by atoms with Gasteiger partial charge in [-0.3, -0.25) is 9.69 Å². The van der Waals surface area contributed by atoms with Crippen molar-refractivity contribution in [2.24, 2.45) is 0 Å². The largest absolute Gasteiger partial charge is 0.457 e. The molecule has 0 radical (unpaired) electrons. The summed E-state index contributed by atoms with van der Waals surface area (Å²) in [6.07, 6.45) is 2.46. The summed E-state index contributed by atoms with van der Waals surface area (Å²) in [4.78, 5) is 16.7. The molecule has 4 nitrogen and oxygen atoms in total. The maximum absolute atomic E-state index is 12.8. The molecule has 1 saturated heterocycles. The molecule has 4 rings (SSSR count). The third-order valence-corrected chi connectivity index (χ3v) is 6.24. The number of ether oxygens (including phenoxy) is 1. The lowest BCUT2D eigenvalue weighted by molar-refractivity contribution is 0.0908. The number of thiophene rings is 1. The van der Waals surface area contributed by atoms with E-state index in [1.165, 1.54) is 17.7 Å². The molecule has 2 heterocycles. The summed E-state index contributed by atoms with van der Waals surface area (Å²) < 4.78 is 5.81. The average Bonchev–Trinajstić information content (AvgIpc) is 3.44. The molecule has 1 amide bonds. The molecule has 0 saturated carbocycles. The van der Waals surface area contributed by atoms with Gasteiger partial charge < -0.3 is 10.1 Å².